The van der Waals surface area contributed by atoms with Crippen LogP contribution in [0, 0.1) is 0 Å². The average molecular weight is 385 g/mol. The van der Waals surface area contributed by atoms with Crippen LogP contribution in [0.1, 0.15) is 33.4 Å². The smallest absolute Gasteiger partial charge is 0.253 e. The minimum Gasteiger partial charge on any atom is -0.383 e. The molecule has 1 unspecified atom stereocenters. The number of nitrogens with one attached hydrogen (secondary N) is 1. The Morgan fingerprint density at radius 2 is 2.30 bits per heavy atom. The summed E-state index contributed by atoms with van der Waals surface area (Å²) in [4.78, 5) is 16.0. The summed E-state index contributed by atoms with van der Waals surface area (Å²) in [6, 6.07) is 7.66. The number of ether oxygens (including phenoxy) is 1. The Bertz CT molecular complexity index is 908. The lowest BCUT2D eigenvalue weighted by Gasteiger charge is -2.14. The summed E-state index contributed by atoms with van der Waals surface area (Å²) in [6.45, 7) is 4.19. The van der Waals surface area contributed by atoms with E-state index in [1.807, 2.05) is 34.2 Å². The van der Waals surface area contributed by atoms with Crippen molar-refractivity contribution in [2.75, 3.05) is 33.4 Å². The number of pyridine rings is 1. The lowest BCUT2D eigenvalue weighted by molar-refractivity contribution is 0.0951. The molecular formula is C19H23N5O2S. The van der Waals surface area contributed by atoms with Crippen LogP contribution < -0.4 is 5.32 Å². The van der Waals surface area contributed by atoms with Crippen LogP contribution in [0.3, 0.4) is 0 Å². The van der Waals surface area contributed by atoms with Gasteiger partial charge in [0.2, 0.25) is 0 Å². The molecule has 0 aliphatic carbocycles. The number of aromatic nitrogens is 3. The number of hydrogen-bond acceptors (Lipinski definition) is 6. The Hall–Kier alpha value is -2.29. The molecule has 1 N–H and O–H groups in total. The van der Waals surface area contributed by atoms with Gasteiger partial charge in [0, 0.05) is 37.2 Å². The van der Waals surface area contributed by atoms with E-state index >= 15 is 0 Å². The number of methoxy groups -OCH3 is 1. The predicted molar refractivity (Wildman–Crippen MR) is 104 cm³/mol. The van der Waals surface area contributed by atoms with Gasteiger partial charge in [0.25, 0.3) is 5.91 Å². The molecule has 3 aromatic heterocycles. The minimum atomic E-state index is -0.0851. The Balaban J connectivity index is 1.48. The number of rotatable bonds is 7. The van der Waals surface area contributed by atoms with Gasteiger partial charge in [-0.3, -0.25) is 9.20 Å². The summed E-state index contributed by atoms with van der Waals surface area (Å²) in [5.41, 5.74) is 1.39. The molecule has 1 atom stereocenters. The number of nitrogens with zero attached hydrogens (tertiary/aromatic N) is 4. The number of carbonyl (C=O) groups is 1. The van der Waals surface area contributed by atoms with Crippen molar-refractivity contribution in [1.29, 1.82) is 0 Å². The fourth-order valence-electron chi connectivity index (χ4n) is 3.47. The van der Waals surface area contributed by atoms with E-state index in [4.69, 9.17) is 4.74 Å². The highest BCUT2D eigenvalue weighted by molar-refractivity contribution is 7.09. The van der Waals surface area contributed by atoms with E-state index in [1.54, 1.807) is 24.5 Å². The molecule has 1 aliphatic rings. The van der Waals surface area contributed by atoms with Gasteiger partial charge in [-0.2, -0.15) is 0 Å². The lowest BCUT2D eigenvalue weighted by Crippen LogP contribution is -2.25. The third-order valence-electron chi connectivity index (χ3n) is 4.94. The monoisotopic (exact) mass is 385 g/mol. The second-order valence-electron chi connectivity index (χ2n) is 6.75. The van der Waals surface area contributed by atoms with Crippen molar-refractivity contribution in [3.8, 4) is 0 Å². The summed E-state index contributed by atoms with van der Waals surface area (Å²) in [7, 11) is 1.73. The van der Waals surface area contributed by atoms with E-state index in [0.717, 1.165) is 49.0 Å². The van der Waals surface area contributed by atoms with Gasteiger partial charge in [-0.25, -0.2) is 0 Å². The molecule has 142 valence electrons. The second kappa shape index (κ2) is 8.16. The SMILES string of the molecule is COCCN1CCC(c2nnc3ccc(C(=O)NCc4cccs4)cn23)C1. The first kappa shape index (κ1) is 18.1. The molecule has 0 radical (unpaired) electrons. The first-order valence-corrected chi connectivity index (χ1v) is 9.99. The number of carbonyl (C=O) groups excluding carboxylic acids is 1. The van der Waals surface area contributed by atoms with E-state index in [1.165, 1.54) is 0 Å². The molecule has 4 heterocycles. The van der Waals surface area contributed by atoms with Crippen LogP contribution in [-0.2, 0) is 11.3 Å². The molecule has 1 saturated heterocycles. The predicted octanol–water partition coefficient (Wildman–Crippen LogP) is 2.16. The lowest BCUT2D eigenvalue weighted by atomic mass is 10.1. The molecule has 0 aromatic carbocycles. The van der Waals surface area contributed by atoms with Crippen LogP contribution in [-0.4, -0.2) is 58.8 Å². The normalized spacial score (nSPS) is 17.6. The Morgan fingerprint density at radius 1 is 1.37 bits per heavy atom. The van der Waals surface area contributed by atoms with Crippen LogP contribution in [0.5, 0.6) is 0 Å². The van der Waals surface area contributed by atoms with Crippen molar-refractivity contribution in [3.63, 3.8) is 0 Å². The van der Waals surface area contributed by atoms with Gasteiger partial charge in [0.15, 0.2) is 5.65 Å². The van der Waals surface area contributed by atoms with Crippen molar-refractivity contribution in [3.05, 3.63) is 52.1 Å². The van der Waals surface area contributed by atoms with Crippen LogP contribution in [0.4, 0.5) is 0 Å². The third kappa shape index (κ3) is 4.02. The largest absolute Gasteiger partial charge is 0.383 e. The number of thiophene rings is 1. The molecule has 0 bridgehead atoms. The molecule has 1 aliphatic heterocycles. The third-order valence-corrected chi connectivity index (χ3v) is 5.82. The molecule has 1 amide bonds. The molecule has 0 spiro atoms. The summed E-state index contributed by atoms with van der Waals surface area (Å²) in [5.74, 6) is 1.16. The topological polar surface area (TPSA) is 71.8 Å². The van der Waals surface area contributed by atoms with Gasteiger partial charge >= 0.3 is 0 Å². The van der Waals surface area contributed by atoms with Crippen LogP contribution in [0.2, 0.25) is 0 Å². The molecule has 27 heavy (non-hydrogen) atoms. The maximum atomic E-state index is 12.5. The van der Waals surface area contributed by atoms with Crippen LogP contribution in [0.25, 0.3) is 5.65 Å². The number of hydrogen-bond donors (Lipinski definition) is 1. The number of likely N-dealkylation sites (tertiary alicyclic amines) is 1. The van der Waals surface area contributed by atoms with Crippen molar-refractivity contribution >= 4 is 22.9 Å². The van der Waals surface area contributed by atoms with Gasteiger partial charge in [0.05, 0.1) is 18.7 Å². The van der Waals surface area contributed by atoms with E-state index in [2.05, 4.69) is 20.4 Å². The second-order valence-corrected chi connectivity index (χ2v) is 7.78. The van der Waals surface area contributed by atoms with Crippen LogP contribution >= 0.6 is 11.3 Å². The van der Waals surface area contributed by atoms with Crippen LogP contribution in [0.15, 0.2) is 35.8 Å². The van der Waals surface area contributed by atoms with Crippen molar-refractivity contribution < 1.29 is 9.53 Å². The zero-order chi connectivity index (χ0) is 18.6. The zero-order valence-corrected chi connectivity index (χ0v) is 16.1. The molecule has 0 saturated carbocycles. The highest BCUT2D eigenvalue weighted by atomic mass is 32.1. The van der Waals surface area contributed by atoms with Gasteiger partial charge in [0.1, 0.15) is 5.82 Å². The highest BCUT2D eigenvalue weighted by Crippen LogP contribution is 2.26. The Labute approximate surface area is 162 Å². The molecule has 8 heteroatoms. The Morgan fingerprint density at radius 3 is 3.11 bits per heavy atom. The minimum absolute atomic E-state index is 0.0851. The molecular weight excluding hydrogens is 362 g/mol. The van der Waals surface area contributed by atoms with Gasteiger partial charge in [-0.1, -0.05) is 6.07 Å². The summed E-state index contributed by atoms with van der Waals surface area (Å²) in [5, 5.41) is 13.7. The summed E-state index contributed by atoms with van der Waals surface area (Å²) < 4.78 is 7.14. The molecule has 3 aromatic rings. The summed E-state index contributed by atoms with van der Waals surface area (Å²) in [6.07, 6.45) is 2.89. The highest BCUT2D eigenvalue weighted by Gasteiger charge is 2.27. The van der Waals surface area contributed by atoms with Crippen molar-refractivity contribution in [1.82, 2.24) is 24.8 Å². The first-order valence-electron chi connectivity index (χ1n) is 9.11. The number of fused-ring (bicyclic) bond motifs is 1. The van der Waals surface area contributed by atoms with E-state index in [0.29, 0.717) is 18.0 Å². The number of amides is 1. The first-order chi connectivity index (χ1) is 13.2. The van der Waals surface area contributed by atoms with Crippen molar-refractivity contribution in [2.24, 2.45) is 0 Å². The fourth-order valence-corrected chi connectivity index (χ4v) is 4.12. The zero-order valence-electron chi connectivity index (χ0n) is 15.3. The standard InChI is InChI=1S/C19H23N5O2S/c1-26-9-8-23-7-6-14(12-23)18-22-21-17-5-4-15(13-24(17)18)19(25)20-11-16-3-2-10-27-16/h2-5,10,13-14H,6-9,11-12H2,1H3,(H,20,25). The van der Waals surface area contributed by atoms with Gasteiger partial charge < -0.3 is 15.0 Å². The van der Waals surface area contributed by atoms with E-state index < -0.39 is 0 Å². The van der Waals surface area contributed by atoms with Crippen molar-refractivity contribution in [2.45, 2.75) is 18.9 Å². The summed E-state index contributed by atoms with van der Waals surface area (Å²) >= 11 is 1.64. The Kier molecular flexibility index (Phi) is 5.47. The van der Waals surface area contributed by atoms with E-state index in [-0.39, 0.29) is 5.91 Å². The fraction of sp³-hybridized carbons (Fsp3) is 0.421. The van der Waals surface area contributed by atoms with E-state index in [9.17, 15) is 4.79 Å². The quantitative estimate of drug-likeness (QED) is 0.675. The van der Waals surface area contributed by atoms with Gasteiger partial charge in [-0.05, 0) is 36.5 Å². The molecule has 4 rings (SSSR count). The average Bonchev–Trinajstić information content (AvgIpc) is 3.44. The maximum absolute atomic E-state index is 12.5. The van der Waals surface area contributed by atoms with Gasteiger partial charge in [-0.15, -0.1) is 21.5 Å². The molecule has 1 fully saturated rings. The maximum Gasteiger partial charge on any atom is 0.253 e. The molecule has 7 nitrogen and oxygen atoms in total.